The number of aromatic nitrogens is 1. The quantitative estimate of drug-likeness (QED) is 0.370. The van der Waals surface area contributed by atoms with Gasteiger partial charge < -0.3 is 4.98 Å². The Labute approximate surface area is 150 Å². The van der Waals surface area contributed by atoms with Crippen molar-refractivity contribution in [2.24, 2.45) is 0 Å². The van der Waals surface area contributed by atoms with Gasteiger partial charge in [0.15, 0.2) is 0 Å². The Hall–Kier alpha value is -3.66. The topological polar surface area (TPSA) is 58.9 Å². The van der Waals surface area contributed by atoms with E-state index in [1.807, 2.05) is 36.4 Å². The highest BCUT2D eigenvalue weighted by Gasteiger charge is 2.14. The molecule has 4 rings (SSSR count). The van der Waals surface area contributed by atoms with Gasteiger partial charge in [0.2, 0.25) is 0 Å². The van der Waals surface area contributed by atoms with E-state index in [1.54, 1.807) is 24.3 Å². The van der Waals surface area contributed by atoms with Crippen LogP contribution in [0.4, 0.5) is 5.69 Å². The maximum absolute atomic E-state index is 10.9. The first-order chi connectivity index (χ1) is 12.7. The van der Waals surface area contributed by atoms with Crippen molar-refractivity contribution in [1.29, 1.82) is 0 Å². The van der Waals surface area contributed by atoms with Gasteiger partial charge in [0.05, 0.1) is 10.6 Å². The number of rotatable bonds is 4. The molecule has 0 amide bonds. The largest absolute Gasteiger partial charge is 0.354 e. The summed E-state index contributed by atoms with van der Waals surface area (Å²) >= 11 is 0. The summed E-state index contributed by atoms with van der Waals surface area (Å²) in [5.74, 6) is 0. The van der Waals surface area contributed by atoms with Crippen molar-refractivity contribution in [2.75, 3.05) is 0 Å². The highest BCUT2D eigenvalue weighted by atomic mass is 16.6. The number of nitrogens with one attached hydrogen (secondary N) is 1. The summed E-state index contributed by atoms with van der Waals surface area (Å²) in [4.78, 5) is 14.1. The van der Waals surface area contributed by atoms with Gasteiger partial charge in [-0.05, 0) is 34.9 Å². The minimum Gasteiger partial charge on any atom is -0.354 e. The SMILES string of the molecule is O=[N+]([O-])c1ccc(-c2cc(-c3ccccc3)[nH]c2-c2ccccc2)cc1. The minimum atomic E-state index is -0.381. The molecule has 0 radical (unpaired) electrons. The number of non-ortho nitro benzene ring substituents is 1. The summed E-state index contributed by atoms with van der Waals surface area (Å²) < 4.78 is 0. The fraction of sp³-hybridized carbons (Fsp3) is 0. The van der Waals surface area contributed by atoms with E-state index in [9.17, 15) is 10.1 Å². The molecule has 0 fully saturated rings. The number of nitro groups is 1. The lowest BCUT2D eigenvalue weighted by molar-refractivity contribution is -0.384. The summed E-state index contributed by atoms with van der Waals surface area (Å²) in [5.41, 5.74) is 6.23. The Morgan fingerprint density at radius 2 is 1.27 bits per heavy atom. The maximum Gasteiger partial charge on any atom is 0.269 e. The molecule has 3 aromatic carbocycles. The monoisotopic (exact) mass is 340 g/mol. The number of H-pyrrole nitrogens is 1. The first-order valence-electron chi connectivity index (χ1n) is 8.31. The minimum absolute atomic E-state index is 0.0915. The zero-order valence-electron chi connectivity index (χ0n) is 13.9. The molecule has 4 nitrogen and oxygen atoms in total. The molecule has 0 aliphatic carbocycles. The van der Waals surface area contributed by atoms with E-state index in [0.717, 1.165) is 33.6 Å². The number of benzene rings is 3. The fourth-order valence-electron chi connectivity index (χ4n) is 3.05. The average molecular weight is 340 g/mol. The third-order valence-electron chi connectivity index (χ3n) is 4.35. The molecule has 26 heavy (non-hydrogen) atoms. The van der Waals surface area contributed by atoms with Crippen LogP contribution >= 0.6 is 0 Å². The van der Waals surface area contributed by atoms with Gasteiger partial charge in [0.1, 0.15) is 0 Å². The highest BCUT2D eigenvalue weighted by molar-refractivity contribution is 5.86. The van der Waals surface area contributed by atoms with Crippen molar-refractivity contribution < 1.29 is 4.92 Å². The molecule has 1 aromatic heterocycles. The van der Waals surface area contributed by atoms with Crippen molar-refractivity contribution >= 4 is 5.69 Å². The van der Waals surface area contributed by atoms with Crippen LogP contribution in [-0.4, -0.2) is 9.91 Å². The predicted molar refractivity (Wildman–Crippen MR) is 104 cm³/mol. The summed E-state index contributed by atoms with van der Waals surface area (Å²) in [5, 5.41) is 10.9. The molecule has 4 heteroatoms. The molecule has 1 heterocycles. The Morgan fingerprint density at radius 1 is 0.692 bits per heavy atom. The molecule has 4 aromatic rings. The molecule has 0 aliphatic heterocycles. The molecule has 0 atom stereocenters. The number of aromatic amines is 1. The van der Waals surface area contributed by atoms with Crippen molar-refractivity contribution in [1.82, 2.24) is 4.98 Å². The number of hydrogen-bond donors (Lipinski definition) is 1. The van der Waals surface area contributed by atoms with Gasteiger partial charge in [0, 0.05) is 23.4 Å². The second-order valence-corrected chi connectivity index (χ2v) is 6.01. The molecular formula is C22H16N2O2. The Morgan fingerprint density at radius 3 is 1.85 bits per heavy atom. The van der Waals surface area contributed by atoms with Crippen LogP contribution in [0, 0.1) is 10.1 Å². The first-order valence-corrected chi connectivity index (χ1v) is 8.31. The molecule has 0 unspecified atom stereocenters. The van der Waals surface area contributed by atoms with Crippen LogP contribution in [0.5, 0.6) is 0 Å². The Kier molecular flexibility index (Phi) is 4.07. The zero-order valence-corrected chi connectivity index (χ0v) is 13.9. The number of nitro benzene ring substituents is 1. The van der Waals surface area contributed by atoms with Gasteiger partial charge in [-0.3, -0.25) is 10.1 Å². The summed E-state index contributed by atoms with van der Waals surface area (Å²) in [6.45, 7) is 0. The van der Waals surface area contributed by atoms with E-state index < -0.39 is 0 Å². The van der Waals surface area contributed by atoms with Crippen LogP contribution in [0.3, 0.4) is 0 Å². The van der Waals surface area contributed by atoms with E-state index in [2.05, 4.69) is 35.3 Å². The molecule has 0 saturated carbocycles. The normalized spacial score (nSPS) is 10.6. The van der Waals surface area contributed by atoms with Crippen molar-refractivity contribution in [3.63, 3.8) is 0 Å². The first kappa shape index (κ1) is 15.8. The van der Waals surface area contributed by atoms with Gasteiger partial charge in [0.25, 0.3) is 5.69 Å². The second kappa shape index (κ2) is 6.69. The zero-order chi connectivity index (χ0) is 17.9. The predicted octanol–water partition coefficient (Wildman–Crippen LogP) is 5.92. The Bertz CT molecular complexity index is 1040. The lowest BCUT2D eigenvalue weighted by atomic mass is 10.0. The van der Waals surface area contributed by atoms with E-state index in [1.165, 1.54) is 0 Å². The highest BCUT2D eigenvalue weighted by Crippen LogP contribution is 2.36. The molecule has 1 N–H and O–H groups in total. The van der Waals surface area contributed by atoms with Crippen LogP contribution in [0.25, 0.3) is 33.6 Å². The fourth-order valence-corrected chi connectivity index (χ4v) is 3.05. The molecule has 0 bridgehead atoms. The van der Waals surface area contributed by atoms with Gasteiger partial charge in [-0.2, -0.15) is 0 Å². The van der Waals surface area contributed by atoms with E-state index >= 15 is 0 Å². The van der Waals surface area contributed by atoms with Crippen LogP contribution < -0.4 is 0 Å². The standard InChI is InChI=1S/C22H16N2O2/c25-24(26)19-13-11-16(12-14-19)20-15-21(17-7-3-1-4-8-17)23-22(20)18-9-5-2-6-10-18/h1-15,23H. The molecular weight excluding hydrogens is 324 g/mol. The van der Waals surface area contributed by atoms with Crippen molar-refractivity contribution in [3.8, 4) is 33.6 Å². The lowest BCUT2D eigenvalue weighted by Crippen LogP contribution is -1.87. The maximum atomic E-state index is 10.9. The number of nitrogens with zero attached hydrogens (tertiary/aromatic N) is 1. The second-order valence-electron chi connectivity index (χ2n) is 6.01. The summed E-state index contributed by atoms with van der Waals surface area (Å²) in [6, 6.07) is 29.0. The van der Waals surface area contributed by atoms with Gasteiger partial charge in [-0.15, -0.1) is 0 Å². The smallest absolute Gasteiger partial charge is 0.269 e. The van der Waals surface area contributed by atoms with Crippen LogP contribution in [0.1, 0.15) is 0 Å². The lowest BCUT2D eigenvalue weighted by Gasteiger charge is -2.04. The third-order valence-corrected chi connectivity index (χ3v) is 4.35. The Balaban J connectivity index is 1.87. The van der Waals surface area contributed by atoms with Gasteiger partial charge in [-0.25, -0.2) is 0 Å². The molecule has 0 aliphatic rings. The van der Waals surface area contributed by atoms with E-state index in [0.29, 0.717) is 0 Å². The molecule has 126 valence electrons. The summed E-state index contributed by atoms with van der Waals surface area (Å²) in [6.07, 6.45) is 0. The van der Waals surface area contributed by atoms with Crippen LogP contribution in [0.2, 0.25) is 0 Å². The van der Waals surface area contributed by atoms with E-state index in [4.69, 9.17) is 0 Å². The number of hydrogen-bond acceptors (Lipinski definition) is 2. The van der Waals surface area contributed by atoms with Gasteiger partial charge >= 0.3 is 0 Å². The third kappa shape index (κ3) is 3.00. The summed E-state index contributed by atoms with van der Waals surface area (Å²) in [7, 11) is 0. The van der Waals surface area contributed by atoms with Gasteiger partial charge in [-0.1, -0.05) is 60.7 Å². The van der Waals surface area contributed by atoms with E-state index in [-0.39, 0.29) is 10.6 Å². The van der Waals surface area contributed by atoms with Crippen molar-refractivity contribution in [2.45, 2.75) is 0 Å². The average Bonchev–Trinajstić information content (AvgIpc) is 3.15. The van der Waals surface area contributed by atoms with Crippen LogP contribution in [-0.2, 0) is 0 Å². The van der Waals surface area contributed by atoms with Crippen LogP contribution in [0.15, 0.2) is 91.0 Å². The molecule has 0 spiro atoms. The van der Waals surface area contributed by atoms with Crippen molar-refractivity contribution in [3.05, 3.63) is 101 Å². The molecule has 0 saturated heterocycles.